The van der Waals surface area contributed by atoms with Gasteiger partial charge in [0, 0.05) is 13.2 Å². The van der Waals surface area contributed by atoms with Gasteiger partial charge in [-0.3, -0.25) is 0 Å². The van der Waals surface area contributed by atoms with Gasteiger partial charge in [-0.1, -0.05) is 38.1 Å². The van der Waals surface area contributed by atoms with Gasteiger partial charge >= 0.3 is 0 Å². The third-order valence-electron chi connectivity index (χ3n) is 3.32. The highest BCUT2D eigenvalue weighted by molar-refractivity contribution is 5.26. The summed E-state index contributed by atoms with van der Waals surface area (Å²) in [6.07, 6.45) is 3.56. The Labute approximate surface area is 98.8 Å². The van der Waals surface area contributed by atoms with Crippen LogP contribution in [0.4, 0.5) is 0 Å². The predicted octanol–water partition coefficient (Wildman–Crippen LogP) is 3.78. The summed E-state index contributed by atoms with van der Waals surface area (Å²) in [7, 11) is 0. The van der Waals surface area contributed by atoms with E-state index in [1.807, 2.05) is 0 Å². The van der Waals surface area contributed by atoms with Crippen LogP contribution in [0.3, 0.4) is 0 Å². The van der Waals surface area contributed by atoms with Crippen molar-refractivity contribution in [2.24, 2.45) is 5.92 Å². The molecule has 16 heavy (non-hydrogen) atoms. The summed E-state index contributed by atoms with van der Waals surface area (Å²) in [6.45, 7) is 6.40. The molecule has 1 fully saturated rings. The van der Waals surface area contributed by atoms with Gasteiger partial charge in [-0.15, -0.1) is 0 Å². The normalized spacial score (nSPS) is 17.9. The Bertz CT molecular complexity index is 307. The fraction of sp³-hybridized carbons (Fsp3) is 0.600. The van der Waals surface area contributed by atoms with Crippen LogP contribution >= 0.6 is 0 Å². The van der Waals surface area contributed by atoms with E-state index in [1.165, 1.54) is 30.4 Å². The highest BCUT2D eigenvalue weighted by Gasteiger charge is 2.15. The van der Waals surface area contributed by atoms with Crippen LogP contribution in [0.15, 0.2) is 24.3 Å². The Morgan fingerprint density at radius 1 is 1.12 bits per heavy atom. The highest BCUT2D eigenvalue weighted by atomic mass is 16.5. The molecule has 2 rings (SSSR count). The van der Waals surface area contributed by atoms with Gasteiger partial charge < -0.3 is 4.74 Å². The van der Waals surface area contributed by atoms with E-state index >= 15 is 0 Å². The molecule has 0 aromatic heterocycles. The quantitative estimate of drug-likeness (QED) is 0.750. The van der Waals surface area contributed by atoms with Crippen LogP contribution in [0.5, 0.6) is 0 Å². The van der Waals surface area contributed by atoms with Gasteiger partial charge in [0.1, 0.15) is 0 Å². The SMILES string of the molecule is CC(C)Cc1ccc(C2CCOCC2)cc1. The molecule has 0 amide bonds. The number of hydrogen-bond acceptors (Lipinski definition) is 1. The largest absolute Gasteiger partial charge is 0.381 e. The minimum atomic E-state index is 0.724. The van der Waals surface area contributed by atoms with Gasteiger partial charge in [-0.2, -0.15) is 0 Å². The van der Waals surface area contributed by atoms with E-state index in [0.29, 0.717) is 0 Å². The minimum absolute atomic E-state index is 0.724. The lowest BCUT2D eigenvalue weighted by molar-refractivity contribution is 0.0853. The molecular formula is C15H22O. The molecule has 88 valence electrons. The first-order chi connectivity index (χ1) is 7.75. The Hall–Kier alpha value is -0.820. The molecule has 0 radical (unpaired) electrons. The summed E-state index contributed by atoms with van der Waals surface area (Å²) in [5.74, 6) is 1.47. The van der Waals surface area contributed by atoms with Gasteiger partial charge in [0.05, 0.1) is 0 Å². The van der Waals surface area contributed by atoms with Gasteiger partial charge in [-0.05, 0) is 42.2 Å². The topological polar surface area (TPSA) is 9.23 Å². The molecule has 1 aromatic carbocycles. The molecule has 1 aliphatic rings. The van der Waals surface area contributed by atoms with E-state index in [2.05, 4.69) is 38.1 Å². The second-order valence-corrected chi connectivity index (χ2v) is 5.23. The Balaban J connectivity index is 2.00. The zero-order valence-corrected chi connectivity index (χ0v) is 10.4. The zero-order valence-electron chi connectivity index (χ0n) is 10.4. The molecule has 1 heterocycles. The fourth-order valence-corrected chi connectivity index (χ4v) is 2.43. The highest BCUT2D eigenvalue weighted by Crippen LogP contribution is 2.27. The monoisotopic (exact) mass is 218 g/mol. The number of hydrogen-bond donors (Lipinski definition) is 0. The lowest BCUT2D eigenvalue weighted by Gasteiger charge is -2.22. The maximum atomic E-state index is 5.40. The van der Waals surface area contributed by atoms with E-state index in [4.69, 9.17) is 4.74 Å². The third kappa shape index (κ3) is 3.08. The van der Waals surface area contributed by atoms with Gasteiger partial charge in [0.2, 0.25) is 0 Å². The van der Waals surface area contributed by atoms with Crippen LogP contribution < -0.4 is 0 Å². The fourth-order valence-electron chi connectivity index (χ4n) is 2.43. The Kier molecular flexibility index (Phi) is 4.00. The maximum Gasteiger partial charge on any atom is 0.0471 e. The summed E-state index contributed by atoms with van der Waals surface area (Å²) >= 11 is 0. The molecule has 0 atom stereocenters. The molecule has 1 nitrogen and oxygen atoms in total. The Morgan fingerprint density at radius 2 is 1.75 bits per heavy atom. The van der Waals surface area contributed by atoms with Crippen molar-refractivity contribution >= 4 is 0 Å². The van der Waals surface area contributed by atoms with E-state index in [0.717, 1.165) is 25.0 Å². The molecule has 1 saturated heterocycles. The first-order valence-corrected chi connectivity index (χ1v) is 6.42. The van der Waals surface area contributed by atoms with Crippen molar-refractivity contribution in [2.45, 2.75) is 39.0 Å². The van der Waals surface area contributed by atoms with E-state index in [1.54, 1.807) is 0 Å². The molecule has 0 saturated carbocycles. The molecule has 1 aromatic rings. The lowest BCUT2D eigenvalue weighted by atomic mass is 9.90. The second-order valence-electron chi connectivity index (χ2n) is 5.23. The molecule has 0 bridgehead atoms. The van der Waals surface area contributed by atoms with Crippen LogP contribution in [0.25, 0.3) is 0 Å². The first-order valence-electron chi connectivity index (χ1n) is 6.42. The molecule has 0 unspecified atom stereocenters. The van der Waals surface area contributed by atoms with Crippen molar-refractivity contribution in [1.82, 2.24) is 0 Å². The van der Waals surface area contributed by atoms with Crippen LogP contribution in [-0.2, 0) is 11.2 Å². The summed E-state index contributed by atoms with van der Waals surface area (Å²) in [5.41, 5.74) is 2.96. The second kappa shape index (κ2) is 5.49. The standard InChI is InChI=1S/C15H22O/c1-12(2)11-13-3-5-14(6-4-13)15-7-9-16-10-8-15/h3-6,12,15H,7-11H2,1-2H3. The van der Waals surface area contributed by atoms with Crippen molar-refractivity contribution in [2.75, 3.05) is 13.2 Å². The lowest BCUT2D eigenvalue weighted by Crippen LogP contribution is -2.14. The summed E-state index contributed by atoms with van der Waals surface area (Å²) in [6, 6.07) is 9.22. The van der Waals surface area contributed by atoms with E-state index in [9.17, 15) is 0 Å². The molecule has 1 heteroatoms. The number of benzene rings is 1. The summed E-state index contributed by atoms with van der Waals surface area (Å²) in [4.78, 5) is 0. The maximum absolute atomic E-state index is 5.40. The van der Waals surface area contributed by atoms with Gasteiger partial charge in [0.15, 0.2) is 0 Å². The molecular weight excluding hydrogens is 196 g/mol. The Morgan fingerprint density at radius 3 is 2.31 bits per heavy atom. The van der Waals surface area contributed by atoms with Crippen molar-refractivity contribution in [1.29, 1.82) is 0 Å². The van der Waals surface area contributed by atoms with E-state index < -0.39 is 0 Å². The van der Waals surface area contributed by atoms with Gasteiger partial charge in [-0.25, -0.2) is 0 Å². The smallest absolute Gasteiger partial charge is 0.0471 e. The van der Waals surface area contributed by atoms with E-state index in [-0.39, 0.29) is 0 Å². The first kappa shape index (κ1) is 11.7. The average molecular weight is 218 g/mol. The molecule has 1 aliphatic heterocycles. The zero-order chi connectivity index (χ0) is 11.4. The average Bonchev–Trinajstić information content (AvgIpc) is 2.30. The summed E-state index contributed by atoms with van der Waals surface area (Å²) in [5, 5.41) is 0. The minimum Gasteiger partial charge on any atom is -0.381 e. The van der Waals surface area contributed by atoms with Crippen LogP contribution in [0, 0.1) is 5.92 Å². The van der Waals surface area contributed by atoms with Crippen molar-refractivity contribution < 1.29 is 4.74 Å². The van der Waals surface area contributed by atoms with Crippen molar-refractivity contribution in [3.05, 3.63) is 35.4 Å². The number of rotatable bonds is 3. The molecule has 0 aliphatic carbocycles. The molecule has 0 N–H and O–H groups in total. The predicted molar refractivity (Wildman–Crippen MR) is 67.8 cm³/mol. The van der Waals surface area contributed by atoms with Crippen LogP contribution in [0.2, 0.25) is 0 Å². The third-order valence-corrected chi connectivity index (χ3v) is 3.32. The summed E-state index contributed by atoms with van der Waals surface area (Å²) < 4.78 is 5.40. The van der Waals surface area contributed by atoms with Crippen LogP contribution in [-0.4, -0.2) is 13.2 Å². The number of ether oxygens (including phenoxy) is 1. The molecule has 0 spiro atoms. The van der Waals surface area contributed by atoms with Crippen molar-refractivity contribution in [3.8, 4) is 0 Å². The van der Waals surface area contributed by atoms with Crippen LogP contribution in [0.1, 0.15) is 43.7 Å². The van der Waals surface area contributed by atoms with Gasteiger partial charge in [0.25, 0.3) is 0 Å². The van der Waals surface area contributed by atoms with Crippen molar-refractivity contribution in [3.63, 3.8) is 0 Å².